The molecule has 0 fully saturated rings. The van der Waals surface area contributed by atoms with Crippen LogP contribution in [0.1, 0.15) is 18.1 Å². The maximum absolute atomic E-state index is 10.9. The Kier molecular flexibility index (Phi) is 4.55. The van der Waals surface area contributed by atoms with Gasteiger partial charge in [0.15, 0.2) is 11.5 Å². The van der Waals surface area contributed by atoms with E-state index < -0.39 is 11.9 Å². The van der Waals surface area contributed by atoms with Gasteiger partial charge < -0.3 is 14.6 Å². The van der Waals surface area contributed by atoms with Crippen molar-refractivity contribution in [2.75, 3.05) is 14.2 Å². The topological polar surface area (TPSA) is 79.5 Å². The van der Waals surface area contributed by atoms with Crippen LogP contribution in [0.3, 0.4) is 0 Å². The van der Waals surface area contributed by atoms with Gasteiger partial charge in [0, 0.05) is 11.6 Å². The number of benzene rings is 1. The highest BCUT2D eigenvalue weighted by Crippen LogP contribution is 2.33. The Morgan fingerprint density at radius 1 is 1.44 bits per heavy atom. The second-order valence-electron chi connectivity index (χ2n) is 3.93. The molecular weight excluding hydrogens is 234 g/mol. The highest BCUT2D eigenvalue weighted by molar-refractivity contribution is 5.70. The lowest BCUT2D eigenvalue weighted by Gasteiger charge is -2.14. The van der Waals surface area contributed by atoms with Gasteiger partial charge in [0.25, 0.3) is 0 Å². The normalized spacial score (nSPS) is 11.4. The largest absolute Gasteiger partial charge is 0.493 e. The van der Waals surface area contributed by atoms with E-state index >= 15 is 0 Å². The summed E-state index contributed by atoms with van der Waals surface area (Å²) >= 11 is 0. The number of carboxylic acid groups (broad SMARTS) is 1. The van der Waals surface area contributed by atoms with Gasteiger partial charge in [-0.05, 0) is 12.5 Å². The van der Waals surface area contributed by atoms with Crippen molar-refractivity contribution in [2.45, 2.75) is 13.3 Å². The van der Waals surface area contributed by atoms with Crippen LogP contribution in [0.2, 0.25) is 0 Å². The standard InChI is InChI=1S/C13H15NO4/c1-8(13(15)16)4-10-5-9(7-14)6-11(17-2)12(10)18-3/h5-6,8H,4H2,1-3H3,(H,15,16). The lowest BCUT2D eigenvalue weighted by Crippen LogP contribution is -2.13. The summed E-state index contributed by atoms with van der Waals surface area (Å²) in [7, 11) is 2.96. The number of carboxylic acids is 1. The van der Waals surface area contributed by atoms with Crippen molar-refractivity contribution in [2.24, 2.45) is 5.92 Å². The minimum atomic E-state index is -0.890. The van der Waals surface area contributed by atoms with E-state index in [1.165, 1.54) is 14.2 Å². The van der Waals surface area contributed by atoms with Crippen LogP contribution in [0.25, 0.3) is 0 Å². The molecular formula is C13H15NO4. The highest BCUT2D eigenvalue weighted by Gasteiger charge is 2.18. The number of rotatable bonds is 5. The van der Waals surface area contributed by atoms with E-state index in [2.05, 4.69) is 0 Å². The lowest BCUT2D eigenvalue weighted by molar-refractivity contribution is -0.141. The predicted octanol–water partition coefficient (Wildman–Crippen LogP) is 1.84. The zero-order valence-corrected chi connectivity index (χ0v) is 10.6. The van der Waals surface area contributed by atoms with Gasteiger partial charge in [0.1, 0.15) is 0 Å². The zero-order chi connectivity index (χ0) is 13.7. The smallest absolute Gasteiger partial charge is 0.306 e. The molecule has 0 saturated carbocycles. The van der Waals surface area contributed by atoms with Crippen molar-refractivity contribution in [3.05, 3.63) is 23.3 Å². The van der Waals surface area contributed by atoms with Gasteiger partial charge >= 0.3 is 5.97 Å². The molecule has 0 aromatic heterocycles. The van der Waals surface area contributed by atoms with Crippen molar-refractivity contribution in [1.82, 2.24) is 0 Å². The van der Waals surface area contributed by atoms with Gasteiger partial charge in [-0.25, -0.2) is 0 Å². The summed E-state index contributed by atoms with van der Waals surface area (Å²) in [6.07, 6.45) is 0.282. The number of hydrogen-bond donors (Lipinski definition) is 1. The molecule has 0 aliphatic rings. The first-order valence-electron chi connectivity index (χ1n) is 5.41. The third kappa shape index (κ3) is 2.92. The molecule has 0 saturated heterocycles. The molecule has 5 heteroatoms. The maximum atomic E-state index is 10.9. The summed E-state index contributed by atoms with van der Waals surface area (Å²) in [5, 5.41) is 17.8. The van der Waals surface area contributed by atoms with Crippen LogP contribution in [-0.2, 0) is 11.2 Å². The number of aliphatic carboxylic acids is 1. The summed E-state index contributed by atoms with van der Waals surface area (Å²) in [5.74, 6) is -0.537. The van der Waals surface area contributed by atoms with Crippen molar-refractivity contribution >= 4 is 5.97 Å². The summed E-state index contributed by atoms with van der Waals surface area (Å²) in [6.45, 7) is 1.60. The fraction of sp³-hybridized carbons (Fsp3) is 0.385. The number of methoxy groups -OCH3 is 2. The van der Waals surface area contributed by atoms with E-state index in [9.17, 15) is 4.79 Å². The molecule has 1 unspecified atom stereocenters. The highest BCUT2D eigenvalue weighted by atomic mass is 16.5. The summed E-state index contributed by atoms with van der Waals surface area (Å²) in [5.41, 5.74) is 1.07. The Morgan fingerprint density at radius 3 is 2.56 bits per heavy atom. The molecule has 1 rings (SSSR count). The summed E-state index contributed by atoms with van der Waals surface area (Å²) in [4.78, 5) is 10.9. The van der Waals surface area contributed by atoms with Crippen LogP contribution >= 0.6 is 0 Å². The van der Waals surface area contributed by atoms with Crippen molar-refractivity contribution in [3.63, 3.8) is 0 Å². The summed E-state index contributed by atoms with van der Waals surface area (Å²) < 4.78 is 10.4. The SMILES string of the molecule is COc1cc(C#N)cc(CC(C)C(=O)O)c1OC. The quantitative estimate of drug-likeness (QED) is 0.861. The third-order valence-electron chi connectivity index (χ3n) is 2.63. The molecule has 1 atom stereocenters. The Labute approximate surface area is 106 Å². The lowest BCUT2D eigenvalue weighted by atomic mass is 9.98. The first-order chi connectivity index (χ1) is 8.53. The number of carbonyl (C=O) groups is 1. The molecule has 96 valence electrons. The van der Waals surface area contributed by atoms with Gasteiger partial charge in [-0.1, -0.05) is 6.92 Å². The zero-order valence-electron chi connectivity index (χ0n) is 10.6. The Hall–Kier alpha value is -2.22. The minimum absolute atomic E-state index is 0.282. The fourth-order valence-electron chi connectivity index (χ4n) is 1.68. The van der Waals surface area contributed by atoms with Crippen molar-refractivity contribution < 1.29 is 19.4 Å². The average Bonchev–Trinajstić information content (AvgIpc) is 2.37. The van der Waals surface area contributed by atoms with Gasteiger partial charge in [0.2, 0.25) is 0 Å². The minimum Gasteiger partial charge on any atom is -0.493 e. The molecule has 1 aromatic carbocycles. The monoisotopic (exact) mass is 249 g/mol. The number of ether oxygens (including phenoxy) is 2. The third-order valence-corrected chi connectivity index (χ3v) is 2.63. The van der Waals surface area contributed by atoms with Gasteiger partial charge in [-0.2, -0.15) is 5.26 Å². The van der Waals surface area contributed by atoms with Crippen molar-refractivity contribution in [3.8, 4) is 17.6 Å². The van der Waals surface area contributed by atoms with E-state index in [0.29, 0.717) is 22.6 Å². The van der Waals surface area contributed by atoms with Gasteiger partial charge in [-0.3, -0.25) is 4.79 Å². The van der Waals surface area contributed by atoms with E-state index in [0.717, 1.165) is 0 Å². The molecule has 0 radical (unpaired) electrons. The Morgan fingerprint density at radius 2 is 2.11 bits per heavy atom. The molecule has 1 N–H and O–H groups in total. The van der Waals surface area contributed by atoms with Crippen LogP contribution in [0.15, 0.2) is 12.1 Å². The van der Waals surface area contributed by atoms with Crippen molar-refractivity contribution in [1.29, 1.82) is 5.26 Å². The van der Waals surface area contributed by atoms with E-state index in [4.69, 9.17) is 19.8 Å². The van der Waals surface area contributed by atoms with Gasteiger partial charge in [-0.15, -0.1) is 0 Å². The molecule has 0 aliphatic carbocycles. The van der Waals surface area contributed by atoms with Crippen LogP contribution in [0.4, 0.5) is 0 Å². The molecule has 5 nitrogen and oxygen atoms in total. The van der Waals surface area contributed by atoms with E-state index in [-0.39, 0.29) is 6.42 Å². The Bertz CT molecular complexity index is 490. The van der Waals surface area contributed by atoms with Crippen LogP contribution < -0.4 is 9.47 Å². The number of nitriles is 1. The fourth-order valence-corrected chi connectivity index (χ4v) is 1.68. The Balaban J connectivity index is 3.23. The molecule has 0 bridgehead atoms. The molecule has 18 heavy (non-hydrogen) atoms. The maximum Gasteiger partial charge on any atom is 0.306 e. The van der Waals surface area contributed by atoms with Crippen LogP contribution in [-0.4, -0.2) is 25.3 Å². The number of hydrogen-bond acceptors (Lipinski definition) is 4. The van der Waals surface area contributed by atoms with E-state index in [1.54, 1.807) is 19.1 Å². The summed E-state index contributed by atoms with van der Waals surface area (Å²) in [6, 6.07) is 5.20. The molecule has 0 aliphatic heterocycles. The molecule has 0 heterocycles. The molecule has 1 aromatic rings. The number of nitrogens with zero attached hydrogens (tertiary/aromatic N) is 1. The second kappa shape index (κ2) is 5.92. The molecule has 0 amide bonds. The van der Waals surface area contributed by atoms with Crippen LogP contribution in [0, 0.1) is 17.2 Å². The van der Waals surface area contributed by atoms with E-state index in [1.807, 2.05) is 6.07 Å². The first-order valence-corrected chi connectivity index (χ1v) is 5.41. The van der Waals surface area contributed by atoms with Gasteiger partial charge in [0.05, 0.1) is 31.8 Å². The van der Waals surface area contributed by atoms with Crippen LogP contribution in [0.5, 0.6) is 11.5 Å². The molecule has 0 spiro atoms. The average molecular weight is 249 g/mol. The first kappa shape index (κ1) is 13.8. The predicted molar refractivity (Wildman–Crippen MR) is 64.8 cm³/mol. The second-order valence-corrected chi connectivity index (χ2v) is 3.93.